The van der Waals surface area contributed by atoms with Gasteiger partial charge < -0.3 is 5.32 Å². The maximum Gasteiger partial charge on any atom is 0.282 e. The lowest BCUT2D eigenvalue weighted by Gasteiger charge is -2.12. The van der Waals surface area contributed by atoms with Crippen molar-refractivity contribution >= 4 is 34.4 Å². The topological polar surface area (TPSA) is 81.8 Å². The van der Waals surface area contributed by atoms with Crippen molar-refractivity contribution in [2.24, 2.45) is 7.05 Å². The SMILES string of the molecule is Cc1ccc(Cn2c(SCC(=O)Nc3ccc(C)cc3)nc3cn(C)nc3c2=O)cc1. The third-order valence-electron chi connectivity index (χ3n) is 4.83. The second-order valence-electron chi connectivity index (χ2n) is 7.51. The van der Waals surface area contributed by atoms with Crippen molar-refractivity contribution in [3.05, 3.63) is 81.8 Å². The average Bonchev–Trinajstić information content (AvgIpc) is 3.12. The van der Waals surface area contributed by atoms with Gasteiger partial charge in [-0.1, -0.05) is 59.3 Å². The van der Waals surface area contributed by atoms with Crippen LogP contribution in [0.5, 0.6) is 0 Å². The largest absolute Gasteiger partial charge is 0.325 e. The van der Waals surface area contributed by atoms with Gasteiger partial charge in [0.05, 0.1) is 18.5 Å². The van der Waals surface area contributed by atoms with Crippen LogP contribution in [0.1, 0.15) is 16.7 Å². The molecule has 1 N–H and O–H groups in total. The number of carbonyl (C=O) groups excluding carboxylic acids is 1. The van der Waals surface area contributed by atoms with E-state index >= 15 is 0 Å². The van der Waals surface area contributed by atoms with Gasteiger partial charge in [0.1, 0.15) is 5.52 Å². The monoisotopic (exact) mass is 433 g/mol. The van der Waals surface area contributed by atoms with E-state index in [9.17, 15) is 9.59 Å². The Kier molecular flexibility index (Phi) is 5.90. The van der Waals surface area contributed by atoms with Crippen molar-refractivity contribution in [3.8, 4) is 0 Å². The number of nitrogens with zero attached hydrogens (tertiary/aromatic N) is 4. The van der Waals surface area contributed by atoms with Crippen LogP contribution in [0.15, 0.2) is 64.7 Å². The lowest BCUT2D eigenvalue weighted by molar-refractivity contribution is -0.113. The summed E-state index contributed by atoms with van der Waals surface area (Å²) >= 11 is 1.24. The maximum absolute atomic E-state index is 13.1. The van der Waals surface area contributed by atoms with Crippen LogP contribution in [-0.2, 0) is 18.4 Å². The van der Waals surface area contributed by atoms with E-state index in [2.05, 4.69) is 15.4 Å². The first-order valence-electron chi connectivity index (χ1n) is 9.88. The average molecular weight is 434 g/mol. The molecule has 1 amide bonds. The van der Waals surface area contributed by atoms with Gasteiger partial charge in [-0.15, -0.1) is 0 Å². The molecule has 0 aliphatic heterocycles. The second-order valence-corrected chi connectivity index (χ2v) is 8.45. The number of rotatable bonds is 6. The minimum Gasteiger partial charge on any atom is -0.325 e. The second kappa shape index (κ2) is 8.77. The van der Waals surface area contributed by atoms with E-state index in [4.69, 9.17) is 0 Å². The molecule has 158 valence electrons. The first-order chi connectivity index (χ1) is 14.9. The van der Waals surface area contributed by atoms with Gasteiger partial charge in [0, 0.05) is 12.7 Å². The van der Waals surface area contributed by atoms with Crippen molar-refractivity contribution in [1.29, 1.82) is 0 Å². The van der Waals surface area contributed by atoms with Crippen LogP contribution in [-0.4, -0.2) is 31.0 Å². The number of carbonyl (C=O) groups is 1. The summed E-state index contributed by atoms with van der Waals surface area (Å²) in [5.74, 6) is -0.0174. The predicted octanol–water partition coefficient (Wildman–Crippen LogP) is 3.53. The summed E-state index contributed by atoms with van der Waals surface area (Å²) in [5.41, 5.74) is 4.63. The van der Waals surface area contributed by atoms with Gasteiger partial charge in [-0.2, -0.15) is 5.10 Å². The fourth-order valence-electron chi connectivity index (χ4n) is 3.18. The molecule has 8 heteroatoms. The number of aryl methyl sites for hydroxylation is 3. The van der Waals surface area contributed by atoms with E-state index in [1.165, 1.54) is 11.8 Å². The Balaban J connectivity index is 1.60. The fourth-order valence-corrected chi connectivity index (χ4v) is 3.98. The Morgan fingerprint density at radius 2 is 1.68 bits per heavy atom. The highest BCUT2D eigenvalue weighted by molar-refractivity contribution is 7.99. The van der Waals surface area contributed by atoms with Gasteiger partial charge in [-0.05, 0) is 31.5 Å². The molecule has 4 rings (SSSR count). The molecule has 2 heterocycles. The number of hydrogen-bond acceptors (Lipinski definition) is 5. The zero-order valence-corrected chi connectivity index (χ0v) is 18.4. The molecule has 0 bridgehead atoms. The highest BCUT2D eigenvalue weighted by Crippen LogP contribution is 2.19. The Hall–Kier alpha value is -3.39. The van der Waals surface area contributed by atoms with Crippen LogP contribution in [0.25, 0.3) is 11.0 Å². The minimum atomic E-state index is -0.215. The minimum absolute atomic E-state index is 0.139. The number of thioether (sulfide) groups is 1. The van der Waals surface area contributed by atoms with Gasteiger partial charge in [-0.3, -0.25) is 18.8 Å². The zero-order valence-electron chi connectivity index (χ0n) is 17.6. The molecular weight excluding hydrogens is 410 g/mol. The van der Waals surface area contributed by atoms with Crippen LogP contribution in [0.4, 0.5) is 5.69 Å². The highest BCUT2D eigenvalue weighted by Gasteiger charge is 2.16. The van der Waals surface area contributed by atoms with Crippen LogP contribution in [0.2, 0.25) is 0 Å². The molecule has 0 atom stereocenters. The summed E-state index contributed by atoms with van der Waals surface area (Å²) < 4.78 is 3.16. The van der Waals surface area contributed by atoms with E-state index in [1.54, 1.807) is 22.5 Å². The van der Waals surface area contributed by atoms with Gasteiger partial charge in [0.25, 0.3) is 5.56 Å². The van der Waals surface area contributed by atoms with Gasteiger partial charge in [0.15, 0.2) is 10.7 Å². The van der Waals surface area contributed by atoms with Crippen molar-refractivity contribution < 1.29 is 4.79 Å². The number of nitrogens with one attached hydrogen (secondary N) is 1. The quantitative estimate of drug-likeness (QED) is 0.372. The van der Waals surface area contributed by atoms with E-state index < -0.39 is 0 Å². The molecule has 2 aromatic heterocycles. The molecular formula is C23H23N5O2S. The maximum atomic E-state index is 13.1. The van der Waals surface area contributed by atoms with E-state index in [0.29, 0.717) is 22.7 Å². The normalized spacial score (nSPS) is 11.1. The molecule has 0 radical (unpaired) electrons. The van der Waals surface area contributed by atoms with Crippen LogP contribution >= 0.6 is 11.8 Å². The number of aromatic nitrogens is 4. The van der Waals surface area contributed by atoms with E-state index in [-0.39, 0.29) is 17.2 Å². The third kappa shape index (κ3) is 4.86. The summed E-state index contributed by atoms with van der Waals surface area (Å²) in [4.78, 5) is 30.2. The lowest BCUT2D eigenvalue weighted by atomic mass is 10.1. The summed E-state index contributed by atoms with van der Waals surface area (Å²) in [6, 6.07) is 15.6. The molecule has 0 spiro atoms. The molecule has 2 aromatic carbocycles. The van der Waals surface area contributed by atoms with Crippen molar-refractivity contribution in [3.63, 3.8) is 0 Å². The molecule has 0 aliphatic carbocycles. The predicted molar refractivity (Wildman–Crippen MR) is 124 cm³/mol. The first-order valence-corrected chi connectivity index (χ1v) is 10.9. The van der Waals surface area contributed by atoms with Crippen molar-refractivity contribution in [2.75, 3.05) is 11.1 Å². The molecule has 0 saturated heterocycles. The van der Waals surface area contributed by atoms with Gasteiger partial charge in [0.2, 0.25) is 5.91 Å². The fraction of sp³-hybridized carbons (Fsp3) is 0.217. The summed E-state index contributed by atoms with van der Waals surface area (Å²) in [7, 11) is 1.76. The zero-order chi connectivity index (χ0) is 22.0. The standard InChI is InChI=1S/C23H23N5O2S/c1-15-4-8-17(9-5-15)12-28-22(30)21-19(13-27(3)26-21)25-23(28)31-14-20(29)24-18-10-6-16(2)7-11-18/h4-11,13H,12,14H2,1-3H3,(H,24,29). The molecule has 7 nitrogen and oxygen atoms in total. The number of amides is 1. The summed E-state index contributed by atoms with van der Waals surface area (Å²) in [6.45, 7) is 4.38. The molecule has 0 aliphatic rings. The highest BCUT2D eigenvalue weighted by atomic mass is 32.2. The van der Waals surface area contributed by atoms with Crippen LogP contribution in [0.3, 0.4) is 0 Å². The number of fused-ring (bicyclic) bond motifs is 1. The third-order valence-corrected chi connectivity index (χ3v) is 5.81. The van der Waals surface area contributed by atoms with Crippen molar-refractivity contribution in [1.82, 2.24) is 19.3 Å². The summed E-state index contributed by atoms with van der Waals surface area (Å²) in [6.07, 6.45) is 1.71. The first kappa shape index (κ1) is 20.9. The van der Waals surface area contributed by atoms with Gasteiger partial charge in [-0.25, -0.2) is 4.98 Å². The Morgan fingerprint density at radius 1 is 1.03 bits per heavy atom. The van der Waals surface area contributed by atoms with E-state index in [1.807, 2.05) is 62.4 Å². The molecule has 0 unspecified atom stereocenters. The van der Waals surface area contributed by atoms with E-state index in [0.717, 1.165) is 22.4 Å². The van der Waals surface area contributed by atoms with Crippen molar-refractivity contribution in [2.45, 2.75) is 25.5 Å². The number of anilines is 1. The number of hydrogen-bond donors (Lipinski definition) is 1. The number of benzene rings is 2. The lowest BCUT2D eigenvalue weighted by Crippen LogP contribution is -2.25. The Bertz CT molecular complexity index is 1290. The Labute approximate surface area is 184 Å². The molecule has 4 aromatic rings. The summed E-state index contributed by atoms with van der Waals surface area (Å²) in [5, 5.41) is 7.63. The molecule has 0 fully saturated rings. The van der Waals surface area contributed by atoms with Crippen LogP contribution in [0, 0.1) is 13.8 Å². The van der Waals surface area contributed by atoms with Gasteiger partial charge >= 0.3 is 0 Å². The Morgan fingerprint density at radius 3 is 2.35 bits per heavy atom. The van der Waals surface area contributed by atoms with Crippen LogP contribution < -0.4 is 10.9 Å². The smallest absolute Gasteiger partial charge is 0.282 e. The molecule has 31 heavy (non-hydrogen) atoms. The molecule has 0 saturated carbocycles.